The summed E-state index contributed by atoms with van der Waals surface area (Å²) < 4.78 is 2.01. The Morgan fingerprint density at radius 2 is 2.40 bits per heavy atom. The Bertz CT molecular complexity index is 488. The molecule has 1 fully saturated rings. The van der Waals surface area contributed by atoms with Crippen molar-refractivity contribution in [3.05, 3.63) is 30.4 Å². The molecule has 3 heterocycles. The number of imidazole rings is 1. The molecule has 4 heteroatoms. The van der Waals surface area contributed by atoms with Gasteiger partial charge in [0.15, 0.2) is 0 Å². The molecule has 1 unspecified atom stereocenters. The average Bonchev–Trinajstić information content (AvgIpc) is 2.83. The molecule has 1 aliphatic rings. The lowest BCUT2D eigenvalue weighted by atomic mass is 10.1. The fraction of sp³-hybridized carbons (Fsp3) is 0.364. The first kappa shape index (κ1) is 9.09. The van der Waals surface area contributed by atoms with Crippen molar-refractivity contribution in [2.24, 2.45) is 0 Å². The molecular weight excluding hydrogens is 208 g/mol. The Balaban J connectivity index is 2.13. The second-order valence-corrected chi connectivity index (χ2v) is 5.01. The third-order valence-corrected chi connectivity index (χ3v) is 4.00. The lowest BCUT2D eigenvalue weighted by molar-refractivity contribution is 0.471. The number of aromatic nitrogens is 2. The van der Waals surface area contributed by atoms with Gasteiger partial charge in [-0.3, -0.25) is 4.40 Å². The Morgan fingerprint density at radius 1 is 1.47 bits per heavy atom. The lowest BCUT2D eigenvalue weighted by Crippen LogP contribution is -2.02. The Kier molecular flexibility index (Phi) is 2.09. The van der Waals surface area contributed by atoms with Gasteiger partial charge in [0.05, 0.1) is 17.9 Å². The minimum Gasteiger partial charge on any atom is -0.506 e. The molecule has 1 saturated heterocycles. The number of fused-ring (bicyclic) bond motifs is 1. The Labute approximate surface area is 92.1 Å². The van der Waals surface area contributed by atoms with Crippen LogP contribution in [-0.4, -0.2) is 26.0 Å². The zero-order valence-corrected chi connectivity index (χ0v) is 9.07. The minimum absolute atomic E-state index is 0.299. The summed E-state index contributed by atoms with van der Waals surface area (Å²) in [4.78, 5) is 4.46. The van der Waals surface area contributed by atoms with Crippen LogP contribution in [-0.2, 0) is 0 Å². The van der Waals surface area contributed by atoms with Gasteiger partial charge in [-0.1, -0.05) is 0 Å². The van der Waals surface area contributed by atoms with Crippen LogP contribution < -0.4 is 0 Å². The first-order chi connectivity index (χ1) is 7.34. The van der Waals surface area contributed by atoms with E-state index in [9.17, 15) is 5.11 Å². The summed E-state index contributed by atoms with van der Waals surface area (Å²) in [7, 11) is 0. The predicted molar refractivity (Wildman–Crippen MR) is 61.5 cm³/mol. The van der Waals surface area contributed by atoms with Crippen LogP contribution in [0.1, 0.15) is 18.2 Å². The highest BCUT2D eigenvalue weighted by molar-refractivity contribution is 7.99. The molecule has 0 spiro atoms. The van der Waals surface area contributed by atoms with Crippen LogP contribution >= 0.6 is 11.8 Å². The largest absolute Gasteiger partial charge is 0.506 e. The summed E-state index contributed by atoms with van der Waals surface area (Å²) in [6, 6.07) is 3.60. The van der Waals surface area contributed by atoms with Crippen molar-refractivity contribution < 1.29 is 5.11 Å². The van der Waals surface area contributed by atoms with Crippen molar-refractivity contribution in [3.63, 3.8) is 0 Å². The normalized spacial score (nSPS) is 21.2. The van der Waals surface area contributed by atoms with Crippen LogP contribution in [0.15, 0.2) is 24.5 Å². The van der Waals surface area contributed by atoms with E-state index in [1.54, 1.807) is 12.3 Å². The second-order valence-electron chi connectivity index (χ2n) is 3.86. The topological polar surface area (TPSA) is 37.5 Å². The highest BCUT2D eigenvalue weighted by Gasteiger charge is 2.21. The molecular formula is C11H12N2OS. The van der Waals surface area contributed by atoms with Gasteiger partial charge >= 0.3 is 0 Å². The lowest BCUT2D eigenvalue weighted by Gasteiger charge is -2.07. The van der Waals surface area contributed by atoms with Gasteiger partial charge in [0.25, 0.3) is 0 Å². The van der Waals surface area contributed by atoms with Crippen LogP contribution in [0.4, 0.5) is 0 Å². The van der Waals surface area contributed by atoms with Gasteiger partial charge < -0.3 is 5.11 Å². The van der Waals surface area contributed by atoms with Crippen molar-refractivity contribution in [1.29, 1.82) is 0 Å². The van der Waals surface area contributed by atoms with Gasteiger partial charge in [-0.25, -0.2) is 4.98 Å². The highest BCUT2D eigenvalue weighted by Crippen LogP contribution is 2.32. The minimum atomic E-state index is 0.299. The first-order valence-corrected chi connectivity index (χ1v) is 6.24. The standard InChI is InChI=1S/C11H12N2OS/c14-10-2-1-9-5-12-11(13(9)6-10)8-3-4-15-7-8/h1-2,5-6,8,14H,3-4,7H2. The molecule has 1 N–H and O–H groups in total. The first-order valence-electron chi connectivity index (χ1n) is 5.08. The zero-order valence-electron chi connectivity index (χ0n) is 8.26. The summed E-state index contributed by atoms with van der Waals surface area (Å²) in [5, 5.41) is 9.46. The van der Waals surface area contributed by atoms with Crippen LogP contribution in [0, 0.1) is 0 Å². The third kappa shape index (κ3) is 1.49. The molecule has 0 bridgehead atoms. The smallest absolute Gasteiger partial charge is 0.132 e. The number of rotatable bonds is 1. The zero-order chi connectivity index (χ0) is 10.3. The van der Waals surface area contributed by atoms with E-state index in [0.717, 1.165) is 17.1 Å². The molecule has 0 amide bonds. The molecule has 1 aliphatic heterocycles. The number of aromatic hydroxyl groups is 1. The van der Waals surface area contributed by atoms with Gasteiger partial charge in [0.1, 0.15) is 11.6 Å². The summed E-state index contributed by atoms with van der Waals surface area (Å²) in [5.74, 6) is 4.30. The number of hydrogen-bond acceptors (Lipinski definition) is 3. The van der Waals surface area contributed by atoms with Gasteiger partial charge in [-0.15, -0.1) is 0 Å². The fourth-order valence-electron chi connectivity index (χ4n) is 2.04. The maximum atomic E-state index is 9.46. The second kappa shape index (κ2) is 3.45. The van der Waals surface area contributed by atoms with Crippen molar-refractivity contribution in [1.82, 2.24) is 9.38 Å². The molecule has 3 nitrogen and oxygen atoms in total. The van der Waals surface area contributed by atoms with E-state index in [1.165, 1.54) is 12.2 Å². The molecule has 0 saturated carbocycles. The number of hydrogen-bond donors (Lipinski definition) is 1. The summed E-state index contributed by atoms with van der Waals surface area (Å²) >= 11 is 1.98. The van der Waals surface area contributed by atoms with Crippen LogP contribution in [0.2, 0.25) is 0 Å². The van der Waals surface area contributed by atoms with Gasteiger partial charge in [0.2, 0.25) is 0 Å². The summed E-state index contributed by atoms with van der Waals surface area (Å²) in [5.41, 5.74) is 1.06. The van der Waals surface area contributed by atoms with E-state index in [1.807, 2.05) is 28.4 Å². The SMILES string of the molecule is Oc1ccc2cnc(C3CCSC3)n2c1. The van der Waals surface area contributed by atoms with E-state index in [2.05, 4.69) is 4.98 Å². The van der Waals surface area contributed by atoms with Crippen molar-refractivity contribution in [2.45, 2.75) is 12.3 Å². The average molecular weight is 220 g/mol. The monoisotopic (exact) mass is 220 g/mol. The molecule has 1 atom stereocenters. The van der Waals surface area contributed by atoms with Gasteiger partial charge in [-0.2, -0.15) is 11.8 Å². The molecule has 15 heavy (non-hydrogen) atoms. The van der Waals surface area contributed by atoms with Crippen LogP contribution in [0.25, 0.3) is 5.52 Å². The summed E-state index contributed by atoms with van der Waals surface area (Å²) in [6.45, 7) is 0. The van der Waals surface area contributed by atoms with Crippen molar-refractivity contribution in [3.8, 4) is 5.75 Å². The molecule has 2 aromatic rings. The van der Waals surface area contributed by atoms with Gasteiger partial charge in [-0.05, 0) is 24.3 Å². The van der Waals surface area contributed by atoms with E-state index in [-0.39, 0.29) is 0 Å². The van der Waals surface area contributed by atoms with Crippen molar-refractivity contribution >= 4 is 17.3 Å². The van der Waals surface area contributed by atoms with Crippen molar-refractivity contribution in [2.75, 3.05) is 11.5 Å². The van der Waals surface area contributed by atoms with Crippen LogP contribution in [0.5, 0.6) is 5.75 Å². The molecule has 78 valence electrons. The van der Waals surface area contributed by atoms with E-state index in [0.29, 0.717) is 11.7 Å². The maximum absolute atomic E-state index is 9.46. The highest BCUT2D eigenvalue weighted by atomic mass is 32.2. The van der Waals surface area contributed by atoms with Crippen LogP contribution in [0.3, 0.4) is 0 Å². The number of thioether (sulfide) groups is 1. The molecule has 3 rings (SSSR count). The number of pyridine rings is 1. The molecule has 0 aliphatic carbocycles. The summed E-state index contributed by atoms with van der Waals surface area (Å²) in [6.07, 6.45) is 4.82. The molecule has 2 aromatic heterocycles. The van der Waals surface area contributed by atoms with E-state index >= 15 is 0 Å². The quantitative estimate of drug-likeness (QED) is 0.801. The predicted octanol–water partition coefficient (Wildman–Crippen LogP) is 2.26. The molecule has 0 aromatic carbocycles. The van der Waals surface area contributed by atoms with E-state index < -0.39 is 0 Å². The number of nitrogens with zero attached hydrogens (tertiary/aromatic N) is 2. The van der Waals surface area contributed by atoms with E-state index in [4.69, 9.17) is 0 Å². The van der Waals surface area contributed by atoms with Gasteiger partial charge in [0, 0.05) is 11.7 Å². The third-order valence-electron chi connectivity index (χ3n) is 2.84. The Morgan fingerprint density at radius 3 is 3.20 bits per heavy atom. The Hall–Kier alpha value is -1.16. The molecule has 0 radical (unpaired) electrons. The maximum Gasteiger partial charge on any atom is 0.132 e. The fourth-order valence-corrected chi connectivity index (χ4v) is 3.26.